The number of aromatic nitrogens is 1. The summed E-state index contributed by atoms with van der Waals surface area (Å²) in [5, 5.41) is 0. The average Bonchev–Trinajstić information content (AvgIpc) is 2.49. The quantitative estimate of drug-likeness (QED) is 0.390. The van der Waals surface area contributed by atoms with Crippen molar-refractivity contribution < 1.29 is 13.0 Å². The minimum Gasteiger partial charge on any atom is -0.415 e. The van der Waals surface area contributed by atoms with E-state index in [0.717, 1.165) is 18.6 Å². The van der Waals surface area contributed by atoms with Gasteiger partial charge in [-0.05, 0) is 44.2 Å². The monoisotopic (exact) mass is 355 g/mol. The normalized spacial score (nSPS) is 12.6. The fraction of sp³-hybridized carbons (Fsp3) is 0.706. The number of hydrogen-bond donors (Lipinski definition) is 0. The lowest BCUT2D eigenvalue weighted by molar-refractivity contribution is 0.187. The van der Waals surface area contributed by atoms with Gasteiger partial charge in [0.15, 0.2) is 0 Å². The number of hydrogen-bond acceptors (Lipinski definition) is 4. The third-order valence-electron chi connectivity index (χ3n) is 3.50. The Morgan fingerprint density at radius 1 is 0.957 bits per heavy atom. The zero-order valence-corrected chi connectivity index (χ0v) is 17.4. The van der Waals surface area contributed by atoms with Crippen LogP contribution in [0.5, 0.6) is 0 Å². The van der Waals surface area contributed by atoms with Gasteiger partial charge >= 0.3 is 17.1 Å². The number of pyridine rings is 1. The van der Waals surface area contributed by atoms with Crippen molar-refractivity contribution in [2.24, 2.45) is 0 Å². The maximum Gasteiger partial charge on any atom is 0.323 e. The van der Waals surface area contributed by atoms with Crippen LogP contribution in [0.15, 0.2) is 24.5 Å². The first-order valence-corrected chi connectivity index (χ1v) is 14.3. The van der Waals surface area contributed by atoms with Gasteiger partial charge in [0.2, 0.25) is 0 Å². The molecule has 6 heteroatoms. The summed E-state index contributed by atoms with van der Waals surface area (Å²) in [7, 11) is -4.32. The Kier molecular flexibility index (Phi) is 9.23. The van der Waals surface area contributed by atoms with Crippen molar-refractivity contribution in [3.8, 4) is 0 Å². The van der Waals surface area contributed by atoms with Crippen molar-refractivity contribution in [2.75, 3.05) is 6.61 Å². The second-order valence-corrected chi connectivity index (χ2v) is 13.8. The van der Waals surface area contributed by atoms with Gasteiger partial charge in [0.05, 0.1) is 6.61 Å². The fourth-order valence-corrected chi connectivity index (χ4v) is 8.77. The first-order chi connectivity index (χ1) is 10.8. The molecule has 1 heterocycles. The molecule has 0 saturated heterocycles. The van der Waals surface area contributed by atoms with Crippen molar-refractivity contribution in [1.29, 1.82) is 0 Å². The van der Waals surface area contributed by atoms with Gasteiger partial charge in [-0.15, -0.1) is 0 Å². The maximum absolute atomic E-state index is 6.29. The van der Waals surface area contributed by atoms with Crippen LogP contribution in [0.4, 0.5) is 0 Å². The van der Waals surface area contributed by atoms with E-state index in [9.17, 15) is 0 Å². The van der Waals surface area contributed by atoms with Gasteiger partial charge in [-0.1, -0.05) is 38.7 Å². The Hall–Kier alpha value is -0.536. The summed E-state index contributed by atoms with van der Waals surface area (Å²) in [6.45, 7) is 12.0. The lowest BCUT2D eigenvalue weighted by Crippen LogP contribution is -2.48. The van der Waals surface area contributed by atoms with Gasteiger partial charge in [0.25, 0.3) is 0 Å². The first kappa shape index (κ1) is 20.5. The van der Waals surface area contributed by atoms with Crippen LogP contribution in [0, 0.1) is 0 Å². The molecule has 23 heavy (non-hydrogen) atoms. The maximum atomic E-state index is 6.29. The highest BCUT2D eigenvalue weighted by atomic mass is 28.5. The highest BCUT2D eigenvalue weighted by Crippen LogP contribution is 2.19. The fourth-order valence-electron chi connectivity index (χ4n) is 2.42. The molecule has 1 aromatic heterocycles. The third kappa shape index (κ3) is 10.0. The van der Waals surface area contributed by atoms with Crippen molar-refractivity contribution >= 4 is 17.1 Å². The molecule has 132 valence electrons. The van der Waals surface area contributed by atoms with E-state index in [-0.39, 0.29) is 0 Å². The summed E-state index contributed by atoms with van der Waals surface area (Å²) in [6.07, 6.45) is 9.87. The van der Waals surface area contributed by atoms with Crippen LogP contribution in [-0.4, -0.2) is 28.7 Å². The Morgan fingerprint density at radius 2 is 1.65 bits per heavy atom. The van der Waals surface area contributed by atoms with Crippen LogP contribution in [0.2, 0.25) is 26.2 Å². The van der Waals surface area contributed by atoms with Crippen molar-refractivity contribution in [3.05, 3.63) is 30.1 Å². The molecule has 0 aliphatic heterocycles. The number of rotatable bonds is 12. The molecule has 0 spiro atoms. The highest BCUT2D eigenvalue weighted by molar-refractivity contribution is 6.78. The molecular formula is C17H33NO3Si2. The smallest absolute Gasteiger partial charge is 0.323 e. The van der Waals surface area contributed by atoms with Gasteiger partial charge in [-0.2, -0.15) is 0 Å². The Bertz CT molecular complexity index is 427. The van der Waals surface area contributed by atoms with Gasteiger partial charge in [0, 0.05) is 19.0 Å². The molecule has 0 bridgehead atoms. The van der Waals surface area contributed by atoms with Crippen molar-refractivity contribution in [3.63, 3.8) is 0 Å². The molecule has 0 atom stereocenters. The second kappa shape index (κ2) is 10.4. The summed E-state index contributed by atoms with van der Waals surface area (Å²) in [5.41, 5.74) is 1.08. The van der Waals surface area contributed by atoms with Crippen LogP contribution in [0.25, 0.3) is 0 Å². The summed E-state index contributed by atoms with van der Waals surface area (Å²) < 4.78 is 18.4. The molecule has 4 nitrogen and oxygen atoms in total. The largest absolute Gasteiger partial charge is 0.415 e. The van der Waals surface area contributed by atoms with E-state index in [0.29, 0.717) is 6.61 Å². The Labute approximate surface area is 144 Å². The molecule has 0 aliphatic rings. The molecule has 0 radical (unpaired) electrons. The van der Waals surface area contributed by atoms with Crippen molar-refractivity contribution in [2.45, 2.75) is 71.8 Å². The minimum atomic E-state index is -2.19. The molecule has 1 aromatic rings. The Morgan fingerprint density at radius 3 is 2.30 bits per heavy atom. The summed E-state index contributed by atoms with van der Waals surface area (Å²) >= 11 is 0. The molecule has 0 unspecified atom stereocenters. The van der Waals surface area contributed by atoms with E-state index in [1.54, 1.807) is 6.20 Å². The van der Waals surface area contributed by atoms with E-state index in [1.807, 2.05) is 18.3 Å². The molecule has 0 aliphatic carbocycles. The van der Waals surface area contributed by atoms with E-state index < -0.39 is 17.1 Å². The van der Waals surface area contributed by atoms with Gasteiger partial charge in [0.1, 0.15) is 0 Å². The van der Waals surface area contributed by atoms with Gasteiger partial charge < -0.3 is 13.0 Å². The third-order valence-corrected chi connectivity index (χ3v) is 9.17. The van der Waals surface area contributed by atoms with Crippen LogP contribution in [-0.2, 0) is 19.6 Å². The summed E-state index contributed by atoms with van der Waals surface area (Å²) in [5.74, 6) is 0. The summed E-state index contributed by atoms with van der Waals surface area (Å²) in [4.78, 5) is 4.11. The minimum absolute atomic E-state index is 0.550. The summed E-state index contributed by atoms with van der Waals surface area (Å²) in [6, 6.07) is 3.95. The standard InChI is InChI=1S/C17H33NO3Si2/c1-6-7-8-9-10-14-19-22(2,3)21-23(4,5)20-16-17-12-11-13-18-15-17/h11-13,15H,6-10,14,16H2,1-5H3. The number of unbranched alkanes of at least 4 members (excludes halogenated alkanes) is 4. The molecular weight excluding hydrogens is 322 g/mol. The van der Waals surface area contributed by atoms with Crippen LogP contribution < -0.4 is 0 Å². The zero-order valence-electron chi connectivity index (χ0n) is 15.4. The van der Waals surface area contributed by atoms with E-state index in [1.165, 1.54) is 25.7 Å². The zero-order chi connectivity index (χ0) is 17.2. The highest BCUT2D eigenvalue weighted by Gasteiger charge is 2.36. The van der Waals surface area contributed by atoms with Gasteiger partial charge in [-0.3, -0.25) is 4.98 Å². The van der Waals surface area contributed by atoms with E-state index in [2.05, 4.69) is 38.1 Å². The predicted molar refractivity (Wildman–Crippen MR) is 99.8 cm³/mol. The predicted octanol–water partition coefficient (Wildman–Crippen LogP) is 5.01. The lowest BCUT2D eigenvalue weighted by atomic mass is 10.2. The van der Waals surface area contributed by atoms with Crippen LogP contribution >= 0.6 is 0 Å². The van der Waals surface area contributed by atoms with E-state index in [4.69, 9.17) is 13.0 Å². The molecule has 0 saturated carbocycles. The molecule has 1 rings (SSSR count). The molecule has 0 amide bonds. The number of nitrogens with zero attached hydrogens (tertiary/aromatic N) is 1. The lowest BCUT2D eigenvalue weighted by Gasteiger charge is -2.32. The van der Waals surface area contributed by atoms with Crippen LogP contribution in [0.3, 0.4) is 0 Å². The molecule has 0 fully saturated rings. The van der Waals surface area contributed by atoms with Crippen molar-refractivity contribution in [1.82, 2.24) is 4.98 Å². The van der Waals surface area contributed by atoms with Gasteiger partial charge in [-0.25, -0.2) is 0 Å². The Balaban J connectivity index is 2.29. The average molecular weight is 356 g/mol. The van der Waals surface area contributed by atoms with E-state index >= 15 is 0 Å². The topological polar surface area (TPSA) is 40.6 Å². The molecule has 0 N–H and O–H groups in total. The first-order valence-electron chi connectivity index (χ1n) is 8.71. The molecule has 0 aromatic carbocycles. The SMILES string of the molecule is CCCCCCCO[Si](C)(C)O[Si](C)(C)OCc1cccnc1. The van der Waals surface area contributed by atoms with Crippen LogP contribution in [0.1, 0.15) is 44.6 Å². The second-order valence-electron chi connectivity index (χ2n) is 6.81.